The van der Waals surface area contributed by atoms with Gasteiger partial charge in [0.15, 0.2) is 0 Å². The first kappa shape index (κ1) is 13.1. The molecule has 5 heteroatoms. The van der Waals surface area contributed by atoms with E-state index in [0.717, 1.165) is 0 Å². The Labute approximate surface area is 105 Å². The van der Waals surface area contributed by atoms with Gasteiger partial charge in [0, 0.05) is 18.1 Å². The van der Waals surface area contributed by atoms with Crippen LogP contribution in [0, 0.1) is 11.3 Å². The lowest BCUT2D eigenvalue weighted by molar-refractivity contribution is 0.253. The number of rotatable bonds is 4. The summed E-state index contributed by atoms with van der Waals surface area (Å²) in [5.74, 6) is 0.429. The van der Waals surface area contributed by atoms with E-state index in [1.54, 1.807) is 36.4 Å². The predicted octanol–water partition coefficient (Wildman–Crippen LogP) is 2.47. The Bertz CT molecular complexity index is 434. The summed E-state index contributed by atoms with van der Waals surface area (Å²) in [6, 6.07) is 8.34. The molecule has 0 radical (unpaired) electrons. The zero-order valence-corrected chi connectivity index (χ0v) is 9.87. The summed E-state index contributed by atoms with van der Waals surface area (Å²) in [6.07, 6.45) is 3.52. The number of carbonyl (C=O) groups excluding carboxylic acids is 1. The fourth-order valence-electron chi connectivity index (χ4n) is 1.10. The van der Waals surface area contributed by atoms with Gasteiger partial charge in [0.2, 0.25) is 0 Å². The average Bonchev–Trinajstić information content (AvgIpc) is 2.36. The monoisotopic (exact) mass is 249 g/mol. The van der Waals surface area contributed by atoms with E-state index in [4.69, 9.17) is 16.9 Å². The summed E-state index contributed by atoms with van der Waals surface area (Å²) < 4.78 is 0. The maximum Gasteiger partial charge on any atom is 0.319 e. The molecule has 0 spiro atoms. The minimum absolute atomic E-state index is 0.297. The smallest absolute Gasteiger partial charge is 0.319 e. The third-order valence-electron chi connectivity index (χ3n) is 1.91. The number of hydrogen-bond donors (Lipinski definition) is 2. The summed E-state index contributed by atoms with van der Waals surface area (Å²) in [6.45, 7) is 0.425. The number of hydrogen-bond acceptors (Lipinski definition) is 2. The van der Waals surface area contributed by atoms with Crippen molar-refractivity contribution in [3.63, 3.8) is 0 Å². The Morgan fingerprint density at radius 2 is 2.06 bits per heavy atom. The topological polar surface area (TPSA) is 64.9 Å². The van der Waals surface area contributed by atoms with Crippen molar-refractivity contribution in [2.75, 3.05) is 17.7 Å². The number of urea groups is 1. The maximum atomic E-state index is 11.4. The Morgan fingerprint density at radius 3 is 2.65 bits per heavy atom. The molecular formula is C12H12ClN3O. The molecule has 0 aromatic heterocycles. The quantitative estimate of drug-likeness (QED) is 0.636. The highest BCUT2D eigenvalue weighted by Crippen LogP contribution is 2.08. The Kier molecular flexibility index (Phi) is 5.62. The molecule has 88 valence electrons. The van der Waals surface area contributed by atoms with Crippen molar-refractivity contribution in [1.29, 1.82) is 5.26 Å². The van der Waals surface area contributed by atoms with Crippen LogP contribution >= 0.6 is 11.6 Å². The van der Waals surface area contributed by atoms with Gasteiger partial charge in [-0.05, 0) is 24.3 Å². The number of halogens is 1. The first-order valence-electron chi connectivity index (χ1n) is 5.02. The van der Waals surface area contributed by atoms with Crippen molar-refractivity contribution >= 4 is 23.3 Å². The molecule has 0 aliphatic carbocycles. The third kappa shape index (κ3) is 5.05. The van der Waals surface area contributed by atoms with Gasteiger partial charge in [0.1, 0.15) is 0 Å². The standard InChI is InChI=1S/C12H12ClN3O/c13-7-1-2-8-15-12(17)16-11-5-3-10(9-14)4-6-11/h1-6H,7-8H2,(H2,15,16,17)/b2-1+. The lowest BCUT2D eigenvalue weighted by atomic mass is 10.2. The molecule has 0 aliphatic rings. The van der Waals surface area contributed by atoms with E-state index in [1.165, 1.54) is 0 Å². The second-order valence-corrected chi connectivity index (χ2v) is 3.46. The molecule has 0 unspecified atom stereocenters. The van der Waals surface area contributed by atoms with Crippen LogP contribution < -0.4 is 10.6 Å². The number of anilines is 1. The third-order valence-corrected chi connectivity index (χ3v) is 2.09. The second kappa shape index (κ2) is 7.31. The highest BCUT2D eigenvalue weighted by atomic mass is 35.5. The molecule has 2 N–H and O–H groups in total. The Hall–Kier alpha value is -1.99. The molecule has 1 aromatic carbocycles. The van der Waals surface area contributed by atoms with Gasteiger partial charge in [-0.25, -0.2) is 4.79 Å². The number of nitriles is 1. The molecule has 0 heterocycles. The van der Waals surface area contributed by atoms with Gasteiger partial charge >= 0.3 is 6.03 Å². The van der Waals surface area contributed by atoms with E-state index in [1.807, 2.05) is 6.07 Å². The second-order valence-electron chi connectivity index (χ2n) is 3.15. The van der Waals surface area contributed by atoms with E-state index in [-0.39, 0.29) is 6.03 Å². The first-order chi connectivity index (χ1) is 8.26. The fraction of sp³-hybridized carbons (Fsp3) is 0.167. The lowest BCUT2D eigenvalue weighted by Gasteiger charge is -2.05. The zero-order chi connectivity index (χ0) is 12.5. The van der Waals surface area contributed by atoms with Crippen LogP contribution in [0.1, 0.15) is 5.56 Å². The van der Waals surface area contributed by atoms with Crippen LogP contribution in [0.2, 0.25) is 0 Å². The van der Waals surface area contributed by atoms with E-state index >= 15 is 0 Å². The van der Waals surface area contributed by atoms with Gasteiger partial charge in [0.05, 0.1) is 11.6 Å². The number of nitrogens with one attached hydrogen (secondary N) is 2. The highest BCUT2D eigenvalue weighted by Gasteiger charge is 1.99. The summed E-state index contributed by atoms with van der Waals surface area (Å²) in [7, 11) is 0. The maximum absolute atomic E-state index is 11.4. The minimum Gasteiger partial charge on any atom is -0.334 e. The van der Waals surface area contributed by atoms with Crippen LogP contribution in [-0.2, 0) is 0 Å². The van der Waals surface area contributed by atoms with Crippen LogP contribution in [0.5, 0.6) is 0 Å². The van der Waals surface area contributed by atoms with E-state index in [0.29, 0.717) is 23.7 Å². The molecule has 2 amide bonds. The molecule has 17 heavy (non-hydrogen) atoms. The van der Waals surface area contributed by atoms with Crippen molar-refractivity contribution in [2.24, 2.45) is 0 Å². The number of nitrogens with zero attached hydrogens (tertiary/aromatic N) is 1. The van der Waals surface area contributed by atoms with Gasteiger partial charge in [-0.3, -0.25) is 0 Å². The molecule has 1 aromatic rings. The van der Waals surface area contributed by atoms with E-state index in [9.17, 15) is 4.79 Å². The normalized spacial score (nSPS) is 9.88. The Balaban J connectivity index is 2.40. The van der Waals surface area contributed by atoms with Crippen molar-refractivity contribution in [2.45, 2.75) is 0 Å². The summed E-state index contributed by atoms with van der Waals surface area (Å²) in [4.78, 5) is 11.4. The van der Waals surface area contributed by atoms with Crippen LogP contribution in [0.3, 0.4) is 0 Å². The largest absolute Gasteiger partial charge is 0.334 e. The molecule has 0 bridgehead atoms. The van der Waals surface area contributed by atoms with E-state index < -0.39 is 0 Å². The average molecular weight is 250 g/mol. The van der Waals surface area contributed by atoms with Crippen LogP contribution in [0.15, 0.2) is 36.4 Å². The minimum atomic E-state index is -0.297. The van der Waals surface area contributed by atoms with Crippen molar-refractivity contribution in [1.82, 2.24) is 5.32 Å². The highest BCUT2D eigenvalue weighted by molar-refractivity contribution is 6.18. The molecule has 0 atom stereocenters. The predicted molar refractivity (Wildman–Crippen MR) is 68.0 cm³/mol. The number of allylic oxidation sites excluding steroid dienone is 1. The molecule has 1 rings (SSSR count). The summed E-state index contributed by atoms with van der Waals surface area (Å²) in [5, 5.41) is 13.9. The van der Waals surface area contributed by atoms with Crippen molar-refractivity contribution < 1.29 is 4.79 Å². The van der Waals surface area contributed by atoms with Crippen LogP contribution in [0.4, 0.5) is 10.5 Å². The summed E-state index contributed by atoms with van der Waals surface area (Å²) >= 11 is 5.43. The van der Waals surface area contributed by atoms with E-state index in [2.05, 4.69) is 10.6 Å². The molecule has 4 nitrogen and oxygen atoms in total. The Morgan fingerprint density at radius 1 is 1.35 bits per heavy atom. The molecule has 0 saturated carbocycles. The van der Waals surface area contributed by atoms with Gasteiger partial charge in [0.25, 0.3) is 0 Å². The molecule has 0 saturated heterocycles. The summed E-state index contributed by atoms with van der Waals surface area (Å²) in [5.41, 5.74) is 1.20. The van der Waals surface area contributed by atoms with Gasteiger partial charge in [-0.2, -0.15) is 5.26 Å². The zero-order valence-electron chi connectivity index (χ0n) is 9.11. The SMILES string of the molecule is N#Cc1ccc(NC(=O)NC/C=C/CCl)cc1. The number of amides is 2. The van der Waals surface area contributed by atoms with Gasteiger partial charge in [-0.15, -0.1) is 11.6 Å². The number of alkyl halides is 1. The fourth-order valence-corrected chi connectivity index (χ4v) is 1.23. The number of carbonyl (C=O) groups is 1. The first-order valence-corrected chi connectivity index (χ1v) is 5.55. The van der Waals surface area contributed by atoms with Crippen LogP contribution in [0.25, 0.3) is 0 Å². The van der Waals surface area contributed by atoms with Crippen LogP contribution in [-0.4, -0.2) is 18.5 Å². The molecule has 0 aliphatic heterocycles. The van der Waals surface area contributed by atoms with Gasteiger partial charge in [-0.1, -0.05) is 12.2 Å². The number of benzene rings is 1. The molecule has 0 fully saturated rings. The van der Waals surface area contributed by atoms with Gasteiger partial charge < -0.3 is 10.6 Å². The lowest BCUT2D eigenvalue weighted by Crippen LogP contribution is -2.28. The van der Waals surface area contributed by atoms with Crippen molar-refractivity contribution in [3.8, 4) is 6.07 Å². The molecular weight excluding hydrogens is 238 g/mol. The van der Waals surface area contributed by atoms with Crippen molar-refractivity contribution in [3.05, 3.63) is 42.0 Å².